The summed E-state index contributed by atoms with van der Waals surface area (Å²) >= 11 is 0. The Bertz CT molecular complexity index is 1870. The van der Waals surface area contributed by atoms with Crippen molar-refractivity contribution in [2.75, 3.05) is 40.9 Å². The molecule has 0 saturated carbocycles. The molecule has 0 radical (unpaired) electrons. The smallest absolute Gasteiger partial charge is 0.306 e. The fourth-order valence-electron chi connectivity index (χ4n) is 9.53. The van der Waals surface area contributed by atoms with E-state index in [9.17, 15) is 19.0 Å². The fourth-order valence-corrected chi connectivity index (χ4v) is 10.3. The molecule has 1 amide bonds. The van der Waals surface area contributed by atoms with Crippen LogP contribution in [0.3, 0.4) is 0 Å². The highest BCUT2D eigenvalue weighted by Gasteiger charge is 2.27. The van der Waals surface area contributed by atoms with Crippen molar-refractivity contribution in [3.8, 4) is 0 Å². The molecule has 10 heteroatoms. The van der Waals surface area contributed by atoms with Gasteiger partial charge >= 0.3 is 5.97 Å². The van der Waals surface area contributed by atoms with E-state index in [1.807, 2.05) is 33.3 Å². The zero-order valence-electron chi connectivity index (χ0n) is 55.8. The number of nitrogens with zero attached hydrogens (tertiary/aromatic N) is 1. The van der Waals surface area contributed by atoms with Crippen molar-refractivity contribution in [3.05, 3.63) is 122 Å². The molecule has 0 aliphatic carbocycles. The third kappa shape index (κ3) is 64.7. The van der Waals surface area contributed by atoms with E-state index in [-0.39, 0.29) is 24.9 Å². The summed E-state index contributed by atoms with van der Waals surface area (Å²) in [6.45, 7) is 6.69. The molecule has 85 heavy (non-hydrogen) atoms. The number of likely N-dealkylation sites (N-methyl/N-ethyl adjacent to an activating group) is 1. The van der Waals surface area contributed by atoms with Crippen LogP contribution in [-0.4, -0.2) is 69.4 Å². The molecule has 0 aliphatic rings. The third-order valence-corrected chi connectivity index (χ3v) is 15.8. The van der Waals surface area contributed by atoms with Crippen molar-refractivity contribution in [2.45, 2.75) is 303 Å². The van der Waals surface area contributed by atoms with Crippen LogP contribution < -0.4 is 10.2 Å². The van der Waals surface area contributed by atoms with Crippen molar-refractivity contribution >= 4 is 19.7 Å². The number of ether oxygens (including phenoxy) is 1. The van der Waals surface area contributed by atoms with Gasteiger partial charge in [-0.25, -0.2) is 0 Å². The highest BCUT2D eigenvalue weighted by molar-refractivity contribution is 7.45. The van der Waals surface area contributed by atoms with Crippen LogP contribution in [0.15, 0.2) is 122 Å². The average Bonchev–Trinajstić information content (AvgIpc) is 3.52. The van der Waals surface area contributed by atoms with Gasteiger partial charge in [0.2, 0.25) is 5.91 Å². The number of hydrogen-bond donors (Lipinski definition) is 1. The molecule has 0 aromatic heterocycles. The van der Waals surface area contributed by atoms with Crippen molar-refractivity contribution in [3.63, 3.8) is 0 Å². The summed E-state index contributed by atoms with van der Waals surface area (Å²) in [5, 5.41) is 3.03. The van der Waals surface area contributed by atoms with E-state index in [1.165, 1.54) is 122 Å². The number of rotatable bonds is 62. The molecule has 0 heterocycles. The van der Waals surface area contributed by atoms with Crippen LogP contribution in [0.2, 0.25) is 0 Å². The molecule has 3 atom stereocenters. The van der Waals surface area contributed by atoms with E-state index in [0.29, 0.717) is 23.9 Å². The number of quaternary nitrogens is 1. The quantitative estimate of drug-likeness (QED) is 0.0212. The Morgan fingerprint density at radius 1 is 0.424 bits per heavy atom. The van der Waals surface area contributed by atoms with Crippen LogP contribution in [0.1, 0.15) is 290 Å². The molecule has 0 saturated heterocycles. The van der Waals surface area contributed by atoms with Gasteiger partial charge in [-0.3, -0.25) is 14.2 Å². The molecule has 0 fully saturated rings. The first-order valence-electron chi connectivity index (χ1n) is 34.8. The van der Waals surface area contributed by atoms with Crippen LogP contribution in [0, 0.1) is 0 Å². The number of carbonyl (C=O) groups excluding carboxylic acids is 2. The van der Waals surface area contributed by atoms with E-state index in [1.54, 1.807) is 0 Å². The Morgan fingerprint density at radius 2 is 0.753 bits per heavy atom. The Labute approximate surface area is 524 Å². The minimum atomic E-state index is -4.72. The van der Waals surface area contributed by atoms with Crippen LogP contribution in [-0.2, 0) is 27.9 Å². The van der Waals surface area contributed by atoms with Gasteiger partial charge in [0.1, 0.15) is 19.3 Å². The Balaban J connectivity index is 5.22. The summed E-state index contributed by atoms with van der Waals surface area (Å²) in [6.07, 6.45) is 88.8. The van der Waals surface area contributed by atoms with Crippen LogP contribution in [0.25, 0.3) is 0 Å². The molecular weight excluding hydrogens is 1070 g/mol. The molecule has 488 valence electrons. The van der Waals surface area contributed by atoms with E-state index < -0.39 is 26.6 Å². The lowest BCUT2D eigenvalue weighted by molar-refractivity contribution is -0.870. The minimum absolute atomic E-state index is 0.0327. The Hall–Kier alpha value is -3.59. The van der Waals surface area contributed by atoms with Gasteiger partial charge in [0.15, 0.2) is 0 Å². The number of carbonyl (C=O) groups is 2. The third-order valence-electron chi connectivity index (χ3n) is 14.9. The van der Waals surface area contributed by atoms with Crippen molar-refractivity contribution in [1.29, 1.82) is 0 Å². The number of hydrogen-bond acceptors (Lipinski definition) is 7. The first kappa shape index (κ1) is 81.4. The number of phosphoric acid groups is 1. The molecule has 0 aromatic carbocycles. The molecule has 0 aliphatic heterocycles. The van der Waals surface area contributed by atoms with Gasteiger partial charge in [0, 0.05) is 12.8 Å². The topological polar surface area (TPSA) is 114 Å². The summed E-state index contributed by atoms with van der Waals surface area (Å²) in [5.41, 5.74) is 0. The summed E-state index contributed by atoms with van der Waals surface area (Å²) in [6, 6.07) is -0.909. The second kappa shape index (κ2) is 63.4. The van der Waals surface area contributed by atoms with Crippen molar-refractivity contribution in [1.82, 2.24) is 5.32 Å². The molecular formula is C75H131N2O7P. The summed E-state index contributed by atoms with van der Waals surface area (Å²) < 4.78 is 30.4. The van der Waals surface area contributed by atoms with E-state index in [4.69, 9.17) is 13.8 Å². The number of allylic oxidation sites excluding steroid dienone is 19. The van der Waals surface area contributed by atoms with Crippen molar-refractivity contribution in [2.24, 2.45) is 0 Å². The summed E-state index contributed by atoms with van der Waals surface area (Å²) in [5.74, 6) is -0.568. The lowest BCUT2D eigenvalue weighted by Crippen LogP contribution is -2.47. The van der Waals surface area contributed by atoms with Crippen molar-refractivity contribution < 1.29 is 37.3 Å². The molecule has 0 rings (SSSR count). The van der Waals surface area contributed by atoms with E-state index in [2.05, 4.69) is 135 Å². The van der Waals surface area contributed by atoms with Gasteiger partial charge in [-0.1, -0.05) is 277 Å². The maximum absolute atomic E-state index is 13.6. The number of unbranched alkanes of at least 4 members (excludes halogenated alkanes) is 28. The maximum atomic E-state index is 13.6. The molecule has 0 bridgehead atoms. The van der Waals surface area contributed by atoms with Gasteiger partial charge in [-0.05, 0) is 122 Å². The van der Waals surface area contributed by atoms with Gasteiger partial charge in [-0.2, -0.15) is 0 Å². The van der Waals surface area contributed by atoms with Gasteiger partial charge in [-0.15, -0.1) is 0 Å². The largest absolute Gasteiger partial charge is 0.756 e. The molecule has 0 spiro atoms. The monoisotopic (exact) mass is 1200 g/mol. The highest BCUT2D eigenvalue weighted by atomic mass is 31.2. The maximum Gasteiger partial charge on any atom is 0.306 e. The van der Waals surface area contributed by atoms with Gasteiger partial charge < -0.3 is 28.5 Å². The van der Waals surface area contributed by atoms with E-state index >= 15 is 0 Å². The molecule has 1 N–H and O–H groups in total. The molecule has 9 nitrogen and oxygen atoms in total. The highest BCUT2D eigenvalue weighted by Crippen LogP contribution is 2.38. The first-order valence-corrected chi connectivity index (χ1v) is 36.3. The Kier molecular flexibility index (Phi) is 60.8. The second-order valence-corrected chi connectivity index (χ2v) is 25.7. The zero-order chi connectivity index (χ0) is 62.1. The SMILES string of the molecule is CC/C=C\C/C=C\C/C=C\C/C=C\C/C=C\CCCCCCCCCC(=O)NC(COP(=O)([O-])OCC[N+](C)(C)C)C(/C=C/CCCCCCCCCCCCC)OC(=O)CCCCCCCCC/C=C\C/C=C\C/C=C\C/C=C\CCCCC. The predicted molar refractivity (Wildman–Crippen MR) is 367 cm³/mol. The van der Waals surface area contributed by atoms with E-state index in [0.717, 1.165) is 128 Å². The lowest BCUT2D eigenvalue weighted by Gasteiger charge is -2.30. The molecule has 3 unspecified atom stereocenters. The first-order chi connectivity index (χ1) is 41.4. The van der Waals surface area contributed by atoms with Gasteiger partial charge in [0.05, 0.1) is 33.8 Å². The standard InChI is InChI=1S/C75H131N2O7P/c1-7-10-13-16-19-22-25-28-30-32-34-36-38-40-42-44-46-49-52-55-58-61-64-67-74(78)76-72(71-83-85(80,81)82-70-69-77(4,5)6)73(66-63-60-57-54-51-48-27-24-21-18-15-12-9-3)84-75(79)68-65-62-59-56-53-50-47-45-43-41-39-37-35-33-31-29-26-23-20-17-14-11-8-2/h10,13,19-20,22-23,28-31,34-37,40-43,63,66,72-73H,7-9,11-12,14-18,21,24-27,32-33,38-39,44-62,64-65,67-71H2,1-6H3,(H-,76,78,80,81)/b13-10-,22-19-,23-20-,30-28-,31-29-,36-34-,37-35-,42-40-,43-41-,66-63+. The Morgan fingerprint density at radius 3 is 1.15 bits per heavy atom. The zero-order valence-corrected chi connectivity index (χ0v) is 56.7. The summed E-state index contributed by atoms with van der Waals surface area (Å²) in [4.78, 5) is 40.2. The normalized spacial score (nSPS) is 14.3. The minimum Gasteiger partial charge on any atom is -0.756 e. The number of phosphoric ester groups is 1. The summed E-state index contributed by atoms with van der Waals surface area (Å²) in [7, 11) is 1.16. The lowest BCUT2D eigenvalue weighted by atomic mass is 10.0. The van der Waals surface area contributed by atoms with Crippen LogP contribution >= 0.6 is 7.82 Å². The molecule has 0 aromatic rings. The van der Waals surface area contributed by atoms with Crippen LogP contribution in [0.4, 0.5) is 0 Å². The number of nitrogens with one attached hydrogen (secondary N) is 1. The number of amides is 1. The average molecular weight is 1200 g/mol. The second-order valence-electron chi connectivity index (χ2n) is 24.3. The number of esters is 1. The van der Waals surface area contributed by atoms with Crippen LogP contribution in [0.5, 0.6) is 0 Å². The van der Waals surface area contributed by atoms with Gasteiger partial charge in [0.25, 0.3) is 7.82 Å². The predicted octanol–water partition coefficient (Wildman–Crippen LogP) is 21.6. The fraction of sp³-hybridized carbons (Fsp3) is 0.707.